The van der Waals surface area contributed by atoms with Crippen LogP contribution in [0.1, 0.15) is 18.5 Å². The maximum absolute atomic E-state index is 6.15. The van der Waals surface area contributed by atoms with E-state index in [2.05, 4.69) is 28.2 Å². The molecule has 106 valence electrons. The van der Waals surface area contributed by atoms with Crippen LogP contribution in [0.15, 0.2) is 40.9 Å². The summed E-state index contributed by atoms with van der Waals surface area (Å²) in [5.41, 5.74) is 1.06. The molecule has 0 amide bonds. The van der Waals surface area contributed by atoms with Gasteiger partial charge >= 0.3 is 0 Å². The van der Waals surface area contributed by atoms with Crippen molar-refractivity contribution in [3.63, 3.8) is 0 Å². The first kappa shape index (κ1) is 15.6. The van der Waals surface area contributed by atoms with E-state index in [1.165, 1.54) is 0 Å². The lowest BCUT2D eigenvalue weighted by Gasteiger charge is -2.17. The number of ether oxygens (including phenoxy) is 1. The zero-order chi connectivity index (χ0) is 14.7. The minimum Gasteiger partial charge on any atom is -0.455 e. The molecule has 2 aromatic carbocycles. The van der Waals surface area contributed by atoms with Crippen LogP contribution in [-0.2, 0) is 0 Å². The Morgan fingerprint density at radius 3 is 2.50 bits per heavy atom. The molecule has 1 atom stereocenters. The Morgan fingerprint density at radius 2 is 1.85 bits per heavy atom. The molecule has 0 fully saturated rings. The van der Waals surface area contributed by atoms with Gasteiger partial charge in [0.05, 0.1) is 5.02 Å². The Labute approximate surface area is 137 Å². The Morgan fingerprint density at radius 1 is 1.10 bits per heavy atom. The molecule has 2 aromatic rings. The second-order valence-corrected chi connectivity index (χ2v) is 6.13. The van der Waals surface area contributed by atoms with Crippen molar-refractivity contribution >= 4 is 39.1 Å². The summed E-state index contributed by atoms with van der Waals surface area (Å²) in [5.74, 6) is 1.34. The fourth-order valence-electron chi connectivity index (χ4n) is 1.79. The molecule has 2 nitrogen and oxygen atoms in total. The van der Waals surface area contributed by atoms with Gasteiger partial charge in [0.1, 0.15) is 11.5 Å². The van der Waals surface area contributed by atoms with E-state index in [1.807, 2.05) is 25.2 Å². The fraction of sp³-hybridized carbons (Fsp3) is 0.200. The molecule has 0 radical (unpaired) electrons. The number of nitrogens with one attached hydrogen (secondary N) is 1. The van der Waals surface area contributed by atoms with Crippen molar-refractivity contribution in [1.82, 2.24) is 5.32 Å². The van der Waals surface area contributed by atoms with E-state index in [0.717, 1.165) is 15.8 Å². The van der Waals surface area contributed by atoms with Crippen LogP contribution < -0.4 is 10.1 Å². The van der Waals surface area contributed by atoms with Crippen molar-refractivity contribution in [3.05, 3.63) is 56.5 Å². The summed E-state index contributed by atoms with van der Waals surface area (Å²) in [6.45, 7) is 2.07. The Hall–Kier alpha value is -0.740. The average Bonchev–Trinajstić information content (AvgIpc) is 2.41. The van der Waals surface area contributed by atoms with Gasteiger partial charge in [-0.25, -0.2) is 0 Å². The lowest BCUT2D eigenvalue weighted by atomic mass is 10.1. The minimum atomic E-state index is 0.171. The molecule has 0 aliphatic rings. The van der Waals surface area contributed by atoms with Crippen LogP contribution in [0.5, 0.6) is 11.5 Å². The molecule has 0 aliphatic carbocycles. The van der Waals surface area contributed by atoms with Gasteiger partial charge in [0, 0.05) is 21.1 Å². The molecule has 0 bridgehead atoms. The van der Waals surface area contributed by atoms with Gasteiger partial charge in [-0.15, -0.1) is 0 Å². The van der Waals surface area contributed by atoms with Gasteiger partial charge in [0.25, 0.3) is 0 Å². The van der Waals surface area contributed by atoms with Gasteiger partial charge in [-0.05, 0) is 44.3 Å². The van der Waals surface area contributed by atoms with E-state index in [9.17, 15) is 0 Å². The van der Waals surface area contributed by atoms with Crippen LogP contribution in [-0.4, -0.2) is 7.05 Å². The molecule has 0 saturated carbocycles. The van der Waals surface area contributed by atoms with Crippen molar-refractivity contribution in [3.8, 4) is 11.5 Å². The normalized spacial score (nSPS) is 12.2. The quantitative estimate of drug-likeness (QED) is 0.726. The largest absolute Gasteiger partial charge is 0.455 e. The van der Waals surface area contributed by atoms with Gasteiger partial charge < -0.3 is 10.1 Å². The number of halogens is 3. The van der Waals surface area contributed by atoms with Gasteiger partial charge in [0.15, 0.2) is 0 Å². The third kappa shape index (κ3) is 3.67. The van der Waals surface area contributed by atoms with Gasteiger partial charge in [-0.1, -0.05) is 45.2 Å². The van der Waals surface area contributed by atoms with Crippen molar-refractivity contribution in [2.75, 3.05) is 7.05 Å². The molecular weight excluding hydrogens is 361 g/mol. The van der Waals surface area contributed by atoms with Crippen molar-refractivity contribution in [2.24, 2.45) is 0 Å². The first-order chi connectivity index (χ1) is 9.51. The standard InChI is InChI=1S/C15H14BrCl2NO/c1-9(19-2)12-5-3-10(16)7-15(12)20-14-6-4-11(17)8-13(14)18/h3-9,19H,1-2H3. The van der Waals surface area contributed by atoms with Crippen molar-refractivity contribution < 1.29 is 4.74 Å². The Balaban J connectivity index is 2.39. The highest BCUT2D eigenvalue weighted by Crippen LogP contribution is 2.36. The predicted molar refractivity (Wildman–Crippen MR) is 88.2 cm³/mol. The molecule has 0 heterocycles. The first-order valence-electron chi connectivity index (χ1n) is 6.11. The zero-order valence-electron chi connectivity index (χ0n) is 11.1. The fourth-order valence-corrected chi connectivity index (χ4v) is 2.57. The van der Waals surface area contributed by atoms with Crippen LogP contribution >= 0.6 is 39.1 Å². The SMILES string of the molecule is CNC(C)c1ccc(Br)cc1Oc1ccc(Cl)cc1Cl. The van der Waals surface area contributed by atoms with E-state index >= 15 is 0 Å². The first-order valence-corrected chi connectivity index (χ1v) is 7.65. The maximum Gasteiger partial charge on any atom is 0.146 e. The molecule has 0 aromatic heterocycles. The smallest absolute Gasteiger partial charge is 0.146 e. The third-order valence-electron chi connectivity index (χ3n) is 2.99. The summed E-state index contributed by atoms with van der Waals surface area (Å²) >= 11 is 15.5. The van der Waals surface area contributed by atoms with Crippen LogP contribution in [0.25, 0.3) is 0 Å². The Bertz CT molecular complexity index is 619. The van der Waals surface area contributed by atoms with Crippen molar-refractivity contribution in [1.29, 1.82) is 0 Å². The minimum absolute atomic E-state index is 0.171. The highest BCUT2D eigenvalue weighted by molar-refractivity contribution is 9.10. The second-order valence-electron chi connectivity index (χ2n) is 4.37. The molecule has 1 N–H and O–H groups in total. The molecule has 20 heavy (non-hydrogen) atoms. The molecule has 5 heteroatoms. The zero-order valence-corrected chi connectivity index (χ0v) is 14.2. The predicted octanol–water partition coefficient (Wildman–Crippen LogP) is 5.83. The Kier molecular flexibility index (Phi) is 5.33. The third-order valence-corrected chi connectivity index (χ3v) is 4.01. The molecule has 1 unspecified atom stereocenters. The van der Waals surface area contributed by atoms with E-state index < -0.39 is 0 Å². The summed E-state index contributed by atoms with van der Waals surface area (Å²) in [7, 11) is 1.91. The molecular formula is C15H14BrCl2NO. The van der Waals surface area contributed by atoms with Crippen LogP contribution in [0.3, 0.4) is 0 Å². The highest BCUT2D eigenvalue weighted by Gasteiger charge is 2.13. The number of benzene rings is 2. The monoisotopic (exact) mass is 373 g/mol. The topological polar surface area (TPSA) is 21.3 Å². The summed E-state index contributed by atoms with van der Waals surface area (Å²) < 4.78 is 6.89. The number of hydrogen-bond acceptors (Lipinski definition) is 2. The molecule has 0 saturated heterocycles. The summed E-state index contributed by atoms with van der Waals surface area (Å²) in [6.07, 6.45) is 0. The average molecular weight is 375 g/mol. The lowest BCUT2D eigenvalue weighted by Crippen LogP contribution is -2.13. The number of rotatable bonds is 4. The van der Waals surface area contributed by atoms with E-state index in [0.29, 0.717) is 15.8 Å². The van der Waals surface area contributed by atoms with Gasteiger partial charge in [-0.2, -0.15) is 0 Å². The lowest BCUT2D eigenvalue weighted by molar-refractivity contribution is 0.466. The molecule has 0 aliphatic heterocycles. The summed E-state index contributed by atoms with van der Waals surface area (Å²) in [6, 6.07) is 11.3. The van der Waals surface area contributed by atoms with E-state index in [4.69, 9.17) is 27.9 Å². The highest BCUT2D eigenvalue weighted by atomic mass is 79.9. The van der Waals surface area contributed by atoms with Crippen LogP contribution in [0.4, 0.5) is 0 Å². The van der Waals surface area contributed by atoms with Crippen LogP contribution in [0, 0.1) is 0 Å². The van der Waals surface area contributed by atoms with Crippen LogP contribution in [0.2, 0.25) is 10.0 Å². The summed E-state index contributed by atoms with van der Waals surface area (Å²) in [4.78, 5) is 0. The van der Waals surface area contributed by atoms with E-state index in [1.54, 1.807) is 18.2 Å². The van der Waals surface area contributed by atoms with Crippen molar-refractivity contribution in [2.45, 2.75) is 13.0 Å². The van der Waals surface area contributed by atoms with E-state index in [-0.39, 0.29) is 6.04 Å². The number of hydrogen-bond donors (Lipinski definition) is 1. The van der Waals surface area contributed by atoms with Gasteiger partial charge in [-0.3, -0.25) is 0 Å². The summed E-state index contributed by atoms with van der Waals surface area (Å²) in [5, 5.41) is 4.27. The second kappa shape index (κ2) is 6.81. The van der Waals surface area contributed by atoms with Gasteiger partial charge in [0.2, 0.25) is 0 Å². The molecule has 0 spiro atoms. The maximum atomic E-state index is 6.15. The molecule has 2 rings (SSSR count).